The normalized spacial score (nSPS) is 16.8. The zero-order chi connectivity index (χ0) is 14.7. The third-order valence-corrected chi connectivity index (χ3v) is 4.47. The Labute approximate surface area is 127 Å². The lowest BCUT2D eigenvalue weighted by Gasteiger charge is -2.36. The molecule has 0 fully saturated rings. The van der Waals surface area contributed by atoms with Crippen molar-refractivity contribution >= 4 is 33.7 Å². The molecule has 0 aromatic heterocycles. The molecule has 0 saturated carbocycles. The molecule has 22 heavy (non-hydrogen) atoms. The molecule has 4 heteroatoms. The summed E-state index contributed by atoms with van der Waals surface area (Å²) in [6, 6.07) is 20.0. The van der Waals surface area contributed by atoms with Crippen LogP contribution in [0.5, 0.6) is 0 Å². The number of para-hydroxylation sites is 1. The van der Waals surface area contributed by atoms with Gasteiger partial charge in [0.1, 0.15) is 0 Å². The Bertz CT molecular complexity index is 907. The highest BCUT2D eigenvalue weighted by Gasteiger charge is 2.49. The maximum absolute atomic E-state index is 12.7. The SMILES string of the molecule is O=C1Nc2ccccc2C12Nc1cccc3cccc(c13)N2. The molecule has 5 rings (SSSR count). The lowest BCUT2D eigenvalue weighted by atomic mass is 9.94. The van der Waals surface area contributed by atoms with Gasteiger partial charge in [-0.05, 0) is 23.6 Å². The van der Waals surface area contributed by atoms with Crippen LogP contribution in [-0.4, -0.2) is 5.91 Å². The molecule has 0 radical (unpaired) electrons. The van der Waals surface area contributed by atoms with Gasteiger partial charge in [0.05, 0.1) is 0 Å². The minimum atomic E-state index is -0.945. The van der Waals surface area contributed by atoms with Crippen molar-refractivity contribution < 1.29 is 4.79 Å². The first-order chi connectivity index (χ1) is 10.8. The van der Waals surface area contributed by atoms with Gasteiger partial charge in [0.25, 0.3) is 5.91 Å². The van der Waals surface area contributed by atoms with Crippen LogP contribution >= 0.6 is 0 Å². The van der Waals surface area contributed by atoms with Crippen LogP contribution in [0.4, 0.5) is 17.1 Å². The van der Waals surface area contributed by atoms with Gasteiger partial charge in [-0.2, -0.15) is 0 Å². The fourth-order valence-corrected chi connectivity index (χ4v) is 3.49. The number of benzene rings is 3. The van der Waals surface area contributed by atoms with E-state index in [4.69, 9.17) is 0 Å². The molecule has 4 nitrogen and oxygen atoms in total. The number of amides is 1. The van der Waals surface area contributed by atoms with Crippen LogP contribution in [0.15, 0.2) is 60.7 Å². The first-order valence-electron chi connectivity index (χ1n) is 7.27. The largest absolute Gasteiger partial charge is 0.351 e. The molecule has 3 aromatic carbocycles. The second-order valence-corrected chi connectivity index (χ2v) is 5.71. The molecule has 3 N–H and O–H groups in total. The zero-order valence-electron chi connectivity index (χ0n) is 11.7. The van der Waals surface area contributed by atoms with Crippen molar-refractivity contribution in [3.63, 3.8) is 0 Å². The molecular formula is C18H13N3O. The Kier molecular flexibility index (Phi) is 2.01. The molecule has 1 spiro atoms. The minimum Gasteiger partial charge on any atom is -0.351 e. The molecule has 0 unspecified atom stereocenters. The fourth-order valence-electron chi connectivity index (χ4n) is 3.49. The lowest BCUT2D eigenvalue weighted by Crippen LogP contribution is -2.50. The molecule has 0 atom stereocenters. The number of anilines is 3. The molecule has 2 aliphatic rings. The van der Waals surface area contributed by atoms with E-state index in [-0.39, 0.29) is 5.91 Å². The minimum absolute atomic E-state index is 0.0831. The summed E-state index contributed by atoms with van der Waals surface area (Å²) in [6.45, 7) is 0. The fraction of sp³-hybridized carbons (Fsp3) is 0.0556. The van der Waals surface area contributed by atoms with Crippen LogP contribution in [0.1, 0.15) is 5.56 Å². The molecule has 3 aromatic rings. The van der Waals surface area contributed by atoms with E-state index in [1.54, 1.807) is 0 Å². The number of carbonyl (C=O) groups is 1. The monoisotopic (exact) mass is 287 g/mol. The zero-order valence-corrected chi connectivity index (χ0v) is 11.7. The molecule has 0 bridgehead atoms. The molecule has 1 amide bonds. The Morgan fingerprint density at radius 2 is 1.36 bits per heavy atom. The molecule has 2 aliphatic heterocycles. The highest BCUT2D eigenvalue weighted by atomic mass is 16.2. The van der Waals surface area contributed by atoms with E-state index in [0.29, 0.717) is 0 Å². The van der Waals surface area contributed by atoms with Crippen LogP contribution in [0.25, 0.3) is 10.8 Å². The summed E-state index contributed by atoms with van der Waals surface area (Å²) in [6.07, 6.45) is 0. The van der Waals surface area contributed by atoms with Crippen molar-refractivity contribution in [3.8, 4) is 0 Å². The van der Waals surface area contributed by atoms with Crippen LogP contribution in [-0.2, 0) is 10.5 Å². The summed E-state index contributed by atoms with van der Waals surface area (Å²) < 4.78 is 0. The van der Waals surface area contributed by atoms with E-state index in [0.717, 1.165) is 33.4 Å². The second kappa shape index (κ2) is 3.80. The standard InChI is InChI=1S/C18H13N3O/c22-17-18(12-7-1-2-8-13(12)19-17)20-14-9-3-5-11-6-4-10-15(21-18)16(11)14/h1-10,20-21H,(H,19,22). The summed E-state index contributed by atoms with van der Waals surface area (Å²) in [4.78, 5) is 12.7. The van der Waals surface area contributed by atoms with Crippen LogP contribution in [0.3, 0.4) is 0 Å². The maximum Gasteiger partial charge on any atom is 0.275 e. The number of hydrogen-bond donors (Lipinski definition) is 3. The van der Waals surface area contributed by atoms with Crippen LogP contribution in [0, 0.1) is 0 Å². The second-order valence-electron chi connectivity index (χ2n) is 5.71. The van der Waals surface area contributed by atoms with Gasteiger partial charge in [-0.3, -0.25) is 4.79 Å². The van der Waals surface area contributed by atoms with Gasteiger partial charge in [-0.15, -0.1) is 0 Å². The smallest absolute Gasteiger partial charge is 0.275 e. The van der Waals surface area contributed by atoms with E-state index in [1.807, 2.05) is 48.5 Å². The summed E-state index contributed by atoms with van der Waals surface area (Å²) in [5, 5.41) is 12.1. The quantitative estimate of drug-likeness (QED) is 0.593. The third-order valence-electron chi connectivity index (χ3n) is 4.47. The van der Waals surface area contributed by atoms with Gasteiger partial charge in [0.15, 0.2) is 0 Å². The lowest BCUT2D eigenvalue weighted by molar-refractivity contribution is -0.119. The van der Waals surface area contributed by atoms with Gasteiger partial charge in [0, 0.05) is 28.0 Å². The predicted molar refractivity (Wildman–Crippen MR) is 87.9 cm³/mol. The summed E-state index contributed by atoms with van der Waals surface area (Å²) in [5.41, 5.74) is 2.77. The Morgan fingerprint density at radius 1 is 0.727 bits per heavy atom. The van der Waals surface area contributed by atoms with E-state index in [1.165, 1.54) is 0 Å². The first kappa shape index (κ1) is 11.6. The van der Waals surface area contributed by atoms with Gasteiger partial charge in [-0.25, -0.2) is 0 Å². The average molecular weight is 287 g/mol. The Hall–Kier alpha value is -3.01. The maximum atomic E-state index is 12.7. The summed E-state index contributed by atoms with van der Waals surface area (Å²) in [7, 11) is 0. The Morgan fingerprint density at radius 3 is 2.09 bits per heavy atom. The van der Waals surface area contributed by atoms with Crippen molar-refractivity contribution in [2.45, 2.75) is 5.66 Å². The summed E-state index contributed by atoms with van der Waals surface area (Å²) in [5.74, 6) is -0.0831. The topological polar surface area (TPSA) is 53.2 Å². The van der Waals surface area contributed by atoms with E-state index in [9.17, 15) is 4.79 Å². The highest BCUT2D eigenvalue weighted by molar-refractivity contribution is 6.15. The number of nitrogens with one attached hydrogen (secondary N) is 3. The van der Waals surface area contributed by atoms with Crippen molar-refractivity contribution in [1.29, 1.82) is 0 Å². The van der Waals surface area contributed by atoms with Crippen molar-refractivity contribution in [2.24, 2.45) is 0 Å². The van der Waals surface area contributed by atoms with E-state index in [2.05, 4.69) is 28.1 Å². The Balaban J connectivity index is 1.79. The molecule has 106 valence electrons. The van der Waals surface area contributed by atoms with Crippen molar-refractivity contribution in [2.75, 3.05) is 16.0 Å². The number of rotatable bonds is 0. The average Bonchev–Trinajstić information content (AvgIpc) is 2.80. The first-order valence-corrected chi connectivity index (χ1v) is 7.27. The van der Waals surface area contributed by atoms with Crippen molar-refractivity contribution in [1.82, 2.24) is 0 Å². The third kappa shape index (κ3) is 1.29. The number of carbonyl (C=O) groups excluding carboxylic acids is 1. The summed E-state index contributed by atoms with van der Waals surface area (Å²) >= 11 is 0. The van der Waals surface area contributed by atoms with Crippen molar-refractivity contribution in [3.05, 3.63) is 66.2 Å². The van der Waals surface area contributed by atoms with E-state index < -0.39 is 5.66 Å². The van der Waals surface area contributed by atoms with Gasteiger partial charge in [-0.1, -0.05) is 42.5 Å². The van der Waals surface area contributed by atoms with Crippen LogP contribution in [0.2, 0.25) is 0 Å². The van der Waals surface area contributed by atoms with E-state index >= 15 is 0 Å². The number of hydrogen-bond acceptors (Lipinski definition) is 3. The van der Waals surface area contributed by atoms with Crippen LogP contribution < -0.4 is 16.0 Å². The number of fused-ring (bicyclic) bond motifs is 2. The molecular weight excluding hydrogens is 274 g/mol. The predicted octanol–water partition coefficient (Wildman–Crippen LogP) is 3.48. The van der Waals surface area contributed by atoms with Gasteiger partial charge in [0.2, 0.25) is 5.66 Å². The van der Waals surface area contributed by atoms with Gasteiger partial charge >= 0.3 is 0 Å². The highest BCUT2D eigenvalue weighted by Crippen LogP contribution is 2.45. The van der Waals surface area contributed by atoms with Gasteiger partial charge < -0.3 is 16.0 Å². The molecule has 2 heterocycles. The molecule has 0 aliphatic carbocycles. The molecule has 0 saturated heterocycles.